The Labute approximate surface area is 190 Å². The van der Waals surface area contributed by atoms with Crippen LogP contribution in [0.3, 0.4) is 0 Å². The maximum Gasteiger partial charge on any atom is 2.00 e. The second kappa shape index (κ2) is 8.09. The summed E-state index contributed by atoms with van der Waals surface area (Å²) in [7, 11) is 0. The summed E-state index contributed by atoms with van der Waals surface area (Å²) in [5.41, 5.74) is 2.69. The van der Waals surface area contributed by atoms with Crippen LogP contribution in [0.15, 0.2) is 97.1 Å². The topological polar surface area (TPSA) is 0 Å². The van der Waals surface area contributed by atoms with E-state index in [0.717, 1.165) is 0 Å². The first-order chi connectivity index (χ1) is 13.7. The van der Waals surface area contributed by atoms with Crippen molar-refractivity contribution in [3.05, 3.63) is 108 Å². The molecule has 0 heterocycles. The van der Waals surface area contributed by atoms with Crippen molar-refractivity contribution in [3.63, 3.8) is 0 Å². The summed E-state index contributed by atoms with van der Waals surface area (Å²) in [6.07, 6.45) is 0. The number of aryl methyl sites for hydroxylation is 2. The second-order valence-electron chi connectivity index (χ2n) is 7.64. The van der Waals surface area contributed by atoms with Gasteiger partial charge in [-0.1, -0.05) is 85.3 Å². The second-order valence-corrected chi connectivity index (χ2v) is 7.64. The van der Waals surface area contributed by atoms with Crippen LogP contribution in [0.25, 0.3) is 43.1 Å². The van der Waals surface area contributed by atoms with Gasteiger partial charge in [-0.3, -0.25) is 0 Å². The van der Waals surface area contributed by atoms with Crippen molar-refractivity contribution < 1.29 is 26.2 Å². The Hall–Kier alpha value is -2.50. The quantitative estimate of drug-likeness (QED) is 0.206. The third kappa shape index (κ3) is 3.72. The molecule has 0 N–H and O–H groups in total. The Bertz CT molecular complexity index is 1320. The molecule has 0 nitrogen and oxygen atoms in total. The summed E-state index contributed by atoms with van der Waals surface area (Å²) in [4.78, 5) is 0. The van der Waals surface area contributed by atoms with Crippen LogP contribution in [0.2, 0.25) is 0 Å². The van der Waals surface area contributed by atoms with Gasteiger partial charge in [0.2, 0.25) is 0 Å². The fourth-order valence-electron chi connectivity index (χ4n) is 4.23. The largest absolute Gasteiger partial charge is 2.00 e. The molecule has 0 aromatic heterocycles. The van der Waals surface area contributed by atoms with Gasteiger partial charge in [0, 0.05) is 0 Å². The zero-order valence-corrected chi connectivity index (χ0v) is 19.2. The van der Waals surface area contributed by atoms with Gasteiger partial charge in [-0.15, -0.1) is 56.9 Å². The molecule has 0 aliphatic heterocycles. The molecule has 29 heavy (non-hydrogen) atoms. The first kappa shape index (κ1) is 19.8. The number of benzene rings is 4. The SMILES string of the molecule is Cc1cc2c(ccc3ccccc32)[cH-]1.Cc1cc2c(ccc3ccccc32)[cH-]1.[Zr+2]. The minimum atomic E-state index is 0. The van der Waals surface area contributed by atoms with Gasteiger partial charge >= 0.3 is 26.2 Å². The van der Waals surface area contributed by atoms with E-state index in [9.17, 15) is 0 Å². The van der Waals surface area contributed by atoms with Crippen molar-refractivity contribution in [2.45, 2.75) is 13.8 Å². The molecule has 0 spiro atoms. The molecule has 0 amide bonds. The predicted octanol–water partition coefficient (Wildman–Crippen LogP) is 8.04. The summed E-state index contributed by atoms with van der Waals surface area (Å²) >= 11 is 0. The maximum atomic E-state index is 2.26. The van der Waals surface area contributed by atoms with Gasteiger partial charge in [0.15, 0.2) is 0 Å². The van der Waals surface area contributed by atoms with Crippen LogP contribution in [0.1, 0.15) is 11.1 Å². The minimum Gasteiger partial charge on any atom is -0.165 e. The van der Waals surface area contributed by atoms with E-state index >= 15 is 0 Å². The molecule has 6 rings (SSSR count). The summed E-state index contributed by atoms with van der Waals surface area (Å²) in [5, 5.41) is 10.8. The summed E-state index contributed by atoms with van der Waals surface area (Å²) in [6, 6.07) is 34.9. The molecule has 0 radical (unpaired) electrons. The fourth-order valence-corrected chi connectivity index (χ4v) is 4.23. The van der Waals surface area contributed by atoms with Crippen LogP contribution >= 0.6 is 0 Å². The molecule has 0 unspecified atom stereocenters. The predicted molar refractivity (Wildman–Crippen MR) is 124 cm³/mol. The van der Waals surface area contributed by atoms with E-state index in [-0.39, 0.29) is 26.2 Å². The molecule has 138 valence electrons. The monoisotopic (exact) mass is 448 g/mol. The zero-order chi connectivity index (χ0) is 19.1. The smallest absolute Gasteiger partial charge is 0.165 e. The number of hydrogen-bond donors (Lipinski definition) is 0. The third-order valence-electron chi connectivity index (χ3n) is 5.52. The molecule has 6 aromatic carbocycles. The van der Waals surface area contributed by atoms with Crippen LogP contribution in [-0.2, 0) is 26.2 Å². The standard InChI is InChI=1S/2C14H11.Zr/c2*1-10-8-12-7-6-11-4-2-3-5-13(11)14(12)9-10;/h2*2-9H,1H3;/q2*-1;+2. The molecular weight excluding hydrogens is 428 g/mol. The summed E-state index contributed by atoms with van der Waals surface area (Å²) in [6.45, 7) is 4.30. The van der Waals surface area contributed by atoms with E-state index in [0.29, 0.717) is 0 Å². The molecule has 6 aromatic rings. The number of rotatable bonds is 0. The molecule has 0 saturated carbocycles. The van der Waals surface area contributed by atoms with Crippen molar-refractivity contribution in [2.24, 2.45) is 0 Å². The Morgan fingerprint density at radius 1 is 0.483 bits per heavy atom. The van der Waals surface area contributed by atoms with Crippen molar-refractivity contribution in [2.75, 3.05) is 0 Å². The Kier molecular flexibility index (Phi) is 5.53. The Balaban J connectivity index is 0.000000137. The average Bonchev–Trinajstić information content (AvgIpc) is 3.30. The normalized spacial score (nSPS) is 10.8. The van der Waals surface area contributed by atoms with Crippen molar-refractivity contribution in [1.29, 1.82) is 0 Å². The Morgan fingerprint density at radius 2 is 0.897 bits per heavy atom. The van der Waals surface area contributed by atoms with Crippen LogP contribution in [0.4, 0.5) is 0 Å². The first-order valence-corrected chi connectivity index (χ1v) is 9.79. The van der Waals surface area contributed by atoms with Crippen molar-refractivity contribution in [1.82, 2.24) is 0 Å². The van der Waals surface area contributed by atoms with Gasteiger partial charge in [-0.2, -0.15) is 12.1 Å². The van der Waals surface area contributed by atoms with E-state index in [1.807, 2.05) is 0 Å². The van der Waals surface area contributed by atoms with Crippen LogP contribution in [0, 0.1) is 13.8 Å². The first-order valence-electron chi connectivity index (χ1n) is 9.79. The van der Waals surface area contributed by atoms with E-state index in [2.05, 4.69) is 111 Å². The van der Waals surface area contributed by atoms with E-state index < -0.39 is 0 Å². The molecule has 0 aliphatic rings. The third-order valence-corrected chi connectivity index (χ3v) is 5.52. The molecule has 0 fully saturated rings. The molecule has 0 bridgehead atoms. The van der Waals surface area contributed by atoms with Crippen LogP contribution in [0.5, 0.6) is 0 Å². The molecule has 0 aliphatic carbocycles. The van der Waals surface area contributed by atoms with Crippen molar-refractivity contribution in [3.8, 4) is 0 Å². The summed E-state index contributed by atoms with van der Waals surface area (Å²) in [5.74, 6) is 0. The maximum absolute atomic E-state index is 2.26. The fraction of sp³-hybridized carbons (Fsp3) is 0.0714. The summed E-state index contributed by atoms with van der Waals surface area (Å²) < 4.78 is 0. The van der Waals surface area contributed by atoms with Crippen LogP contribution < -0.4 is 0 Å². The number of hydrogen-bond acceptors (Lipinski definition) is 0. The van der Waals surface area contributed by atoms with E-state index in [4.69, 9.17) is 0 Å². The average molecular weight is 450 g/mol. The molecular formula is C28H22Zr. The van der Waals surface area contributed by atoms with Gasteiger partial charge in [-0.25, -0.2) is 0 Å². The van der Waals surface area contributed by atoms with Crippen molar-refractivity contribution >= 4 is 43.1 Å². The van der Waals surface area contributed by atoms with Gasteiger partial charge in [0.25, 0.3) is 0 Å². The zero-order valence-electron chi connectivity index (χ0n) is 16.7. The van der Waals surface area contributed by atoms with Crippen LogP contribution in [-0.4, -0.2) is 0 Å². The van der Waals surface area contributed by atoms with E-state index in [1.165, 1.54) is 54.2 Å². The van der Waals surface area contributed by atoms with Gasteiger partial charge in [-0.05, 0) is 10.8 Å². The molecule has 0 atom stereocenters. The Morgan fingerprint density at radius 3 is 1.34 bits per heavy atom. The molecule has 1 heteroatoms. The molecule has 0 saturated heterocycles. The minimum absolute atomic E-state index is 0. The number of fused-ring (bicyclic) bond motifs is 6. The van der Waals surface area contributed by atoms with Gasteiger partial charge in [0.05, 0.1) is 0 Å². The van der Waals surface area contributed by atoms with Gasteiger partial charge < -0.3 is 0 Å². The van der Waals surface area contributed by atoms with E-state index in [1.54, 1.807) is 0 Å². The van der Waals surface area contributed by atoms with Gasteiger partial charge in [0.1, 0.15) is 0 Å².